The first-order valence-corrected chi connectivity index (χ1v) is 5.94. The second-order valence-electron chi connectivity index (χ2n) is 4.07. The summed E-state index contributed by atoms with van der Waals surface area (Å²) in [7, 11) is 1.41. The minimum absolute atomic E-state index is 0.196. The maximum atomic E-state index is 12.7. The largest absolute Gasteiger partial charge is 0.439 e. The summed E-state index contributed by atoms with van der Waals surface area (Å²) in [4.78, 5) is 7.14. The van der Waals surface area contributed by atoms with Crippen LogP contribution in [0.5, 0.6) is 11.6 Å². The van der Waals surface area contributed by atoms with Crippen LogP contribution in [0, 0.1) is 0 Å². The minimum Gasteiger partial charge on any atom is -0.439 e. The summed E-state index contributed by atoms with van der Waals surface area (Å²) in [5, 5.41) is 11.5. The van der Waals surface area contributed by atoms with Crippen molar-refractivity contribution in [2.45, 2.75) is 12.8 Å². The molecule has 0 saturated heterocycles. The summed E-state index contributed by atoms with van der Waals surface area (Å²) >= 11 is 0. The van der Waals surface area contributed by atoms with Gasteiger partial charge >= 0.3 is 6.18 Å². The standard InChI is InChI=1S/C13H12F3N3O2/c1-17-12-18-10(13(14,15)16)6-11(19-12)21-9-4-2-3-8(5-9)7-20/h2-6,20H,7H2,1H3,(H,17,18,19). The van der Waals surface area contributed by atoms with E-state index < -0.39 is 11.9 Å². The molecule has 0 atom stereocenters. The van der Waals surface area contributed by atoms with Crippen LogP contribution < -0.4 is 10.1 Å². The van der Waals surface area contributed by atoms with Crippen LogP contribution in [0.1, 0.15) is 11.3 Å². The number of anilines is 1. The molecule has 0 saturated carbocycles. The summed E-state index contributed by atoms with van der Waals surface area (Å²) in [6, 6.07) is 7.05. The van der Waals surface area contributed by atoms with Crippen molar-refractivity contribution >= 4 is 5.95 Å². The Bertz CT molecular complexity index is 632. The monoisotopic (exact) mass is 299 g/mol. The number of hydrogen-bond acceptors (Lipinski definition) is 5. The van der Waals surface area contributed by atoms with Gasteiger partial charge in [0.1, 0.15) is 5.75 Å². The van der Waals surface area contributed by atoms with Gasteiger partial charge in [-0.2, -0.15) is 18.2 Å². The summed E-state index contributed by atoms with van der Waals surface area (Å²) in [5.41, 5.74) is -0.526. The molecule has 0 aliphatic rings. The van der Waals surface area contributed by atoms with Crippen molar-refractivity contribution in [3.8, 4) is 11.6 Å². The Balaban J connectivity index is 2.34. The molecule has 1 heterocycles. The van der Waals surface area contributed by atoms with E-state index in [9.17, 15) is 13.2 Å². The van der Waals surface area contributed by atoms with E-state index >= 15 is 0 Å². The normalized spacial score (nSPS) is 11.3. The third kappa shape index (κ3) is 3.82. The Morgan fingerprint density at radius 2 is 2.00 bits per heavy atom. The fraction of sp³-hybridized carbons (Fsp3) is 0.231. The number of aromatic nitrogens is 2. The lowest BCUT2D eigenvalue weighted by atomic mass is 10.2. The van der Waals surface area contributed by atoms with Crippen LogP contribution >= 0.6 is 0 Å². The van der Waals surface area contributed by atoms with Crippen molar-refractivity contribution in [1.82, 2.24) is 9.97 Å². The van der Waals surface area contributed by atoms with Gasteiger partial charge in [-0.05, 0) is 17.7 Å². The Labute approximate surface area is 118 Å². The van der Waals surface area contributed by atoms with E-state index in [4.69, 9.17) is 9.84 Å². The van der Waals surface area contributed by atoms with Crippen LogP contribution in [0.2, 0.25) is 0 Å². The number of ether oxygens (including phenoxy) is 1. The number of aliphatic hydroxyl groups is 1. The Kier molecular flexibility index (Phi) is 4.27. The van der Waals surface area contributed by atoms with Crippen LogP contribution in [-0.4, -0.2) is 22.1 Å². The Hall–Kier alpha value is -2.35. The van der Waals surface area contributed by atoms with Crippen molar-refractivity contribution in [3.63, 3.8) is 0 Å². The molecule has 0 bridgehead atoms. The molecule has 0 unspecified atom stereocenters. The number of alkyl halides is 3. The first-order valence-electron chi connectivity index (χ1n) is 5.94. The molecule has 2 rings (SSSR count). The van der Waals surface area contributed by atoms with E-state index in [1.165, 1.54) is 13.1 Å². The summed E-state index contributed by atoms with van der Waals surface area (Å²) in [6.07, 6.45) is -4.60. The van der Waals surface area contributed by atoms with Crippen LogP contribution in [0.15, 0.2) is 30.3 Å². The molecule has 2 N–H and O–H groups in total. The fourth-order valence-electron chi connectivity index (χ4n) is 1.56. The molecule has 21 heavy (non-hydrogen) atoms. The molecule has 1 aromatic heterocycles. The topological polar surface area (TPSA) is 67.3 Å². The summed E-state index contributed by atoms with van der Waals surface area (Å²) < 4.78 is 43.5. The van der Waals surface area contributed by atoms with Gasteiger partial charge < -0.3 is 15.2 Å². The van der Waals surface area contributed by atoms with Gasteiger partial charge in [0.25, 0.3) is 0 Å². The summed E-state index contributed by atoms with van der Waals surface area (Å²) in [5.74, 6) is -0.162. The zero-order chi connectivity index (χ0) is 15.5. The molecule has 0 fully saturated rings. The maximum Gasteiger partial charge on any atom is 0.433 e. The first kappa shape index (κ1) is 15.0. The zero-order valence-electron chi connectivity index (χ0n) is 11.0. The number of benzene rings is 1. The van der Waals surface area contributed by atoms with E-state index in [0.29, 0.717) is 11.6 Å². The third-order valence-corrected chi connectivity index (χ3v) is 2.52. The van der Waals surface area contributed by atoms with E-state index in [-0.39, 0.29) is 24.2 Å². The average molecular weight is 299 g/mol. The highest BCUT2D eigenvalue weighted by Crippen LogP contribution is 2.31. The van der Waals surface area contributed by atoms with E-state index in [2.05, 4.69) is 15.3 Å². The van der Waals surface area contributed by atoms with Gasteiger partial charge in [-0.15, -0.1) is 0 Å². The van der Waals surface area contributed by atoms with Crippen LogP contribution in [0.25, 0.3) is 0 Å². The predicted octanol–water partition coefficient (Wildman–Crippen LogP) is 2.82. The number of nitrogens with one attached hydrogen (secondary N) is 1. The van der Waals surface area contributed by atoms with Crippen LogP contribution in [0.4, 0.5) is 19.1 Å². The van der Waals surface area contributed by atoms with Gasteiger partial charge in [-0.3, -0.25) is 0 Å². The smallest absolute Gasteiger partial charge is 0.433 e. The quantitative estimate of drug-likeness (QED) is 0.908. The predicted molar refractivity (Wildman–Crippen MR) is 69.0 cm³/mol. The lowest BCUT2D eigenvalue weighted by molar-refractivity contribution is -0.141. The SMILES string of the molecule is CNc1nc(Oc2cccc(CO)c2)cc(C(F)(F)F)n1. The van der Waals surface area contributed by atoms with Gasteiger partial charge in [0, 0.05) is 13.1 Å². The fourth-order valence-corrected chi connectivity index (χ4v) is 1.56. The molecule has 8 heteroatoms. The van der Waals surface area contributed by atoms with Crippen LogP contribution in [0.3, 0.4) is 0 Å². The van der Waals surface area contributed by atoms with Crippen molar-refractivity contribution in [2.75, 3.05) is 12.4 Å². The van der Waals surface area contributed by atoms with E-state index in [1.54, 1.807) is 18.2 Å². The number of halogens is 3. The van der Waals surface area contributed by atoms with Crippen LogP contribution in [-0.2, 0) is 12.8 Å². The maximum absolute atomic E-state index is 12.7. The molecular weight excluding hydrogens is 287 g/mol. The average Bonchev–Trinajstić information content (AvgIpc) is 2.46. The Morgan fingerprint density at radius 1 is 1.24 bits per heavy atom. The van der Waals surface area contributed by atoms with Gasteiger partial charge in [-0.25, -0.2) is 4.98 Å². The summed E-state index contributed by atoms with van der Waals surface area (Å²) in [6.45, 7) is -0.198. The highest BCUT2D eigenvalue weighted by Gasteiger charge is 2.34. The number of nitrogens with zero attached hydrogens (tertiary/aromatic N) is 2. The number of hydrogen-bond donors (Lipinski definition) is 2. The molecule has 2 aromatic rings. The Morgan fingerprint density at radius 3 is 2.62 bits per heavy atom. The highest BCUT2D eigenvalue weighted by atomic mass is 19.4. The van der Waals surface area contributed by atoms with Crippen molar-refractivity contribution in [2.24, 2.45) is 0 Å². The molecule has 5 nitrogen and oxygen atoms in total. The second kappa shape index (κ2) is 5.96. The van der Waals surface area contributed by atoms with Gasteiger partial charge in [0.15, 0.2) is 5.69 Å². The first-order chi connectivity index (χ1) is 9.92. The van der Waals surface area contributed by atoms with Gasteiger partial charge in [-0.1, -0.05) is 12.1 Å². The molecule has 0 aliphatic carbocycles. The molecule has 112 valence electrons. The van der Waals surface area contributed by atoms with Crippen molar-refractivity contribution in [1.29, 1.82) is 0 Å². The van der Waals surface area contributed by atoms with Crippen molar-refractivity contribution in [3.05, 3.63) is 41.6 Å². The highest BCUT2D eigenvalue weighted by molar-refractivity contribution is 5.35. The minimum atomic E-state index is -4.60. The number of aliphatic hydroxyl groups excluding tert-OH is 1. The van der Waals surface area contributed by atoms with Gasteiger partial charge in [0.05, 0.1) is 6.61 Å². The molecule has 0 spiro atoms. The van der Waals surface area contributed by atoms with E-state index in [1.807, 2.05) is 0 Å². The molecular formula is C13H12F3N3O2. The van der Waals surface area contributed by atoms with Gasteiger partial charge in [0.2, 0.25) is 11.8 Å². The molecule has 1 aromatic carbocycles. The van der Waals surface area contributed by atoms with E-state index in [0.717, 1.165) is 0 Å². The van der Waals surface area contributed by atoms with Crippen molar-refractivity contribution < 1.29 is 23.0 Å². The molecule has 0 aliphatic heterocycles. The lowest BCUT2D eigenvalue weighted by Crippen LogP contribution is -2.11. The number of rotatable bonds is 4. The zero-order valence-corrected chi connectivity index (χ0v) is 11.0. The molecule has 0 radical (unpaired) electrons. The molecule has 0 amide bonds. The lowest BCUT2D eigenvalue weighted by Gasteiger charge is -2.11. The third-order valence-electron chi connectivity index (χ3n) is 2.52. The second-order valence-corrected chi connectivity index (χ2v) is 4.07.